The van der Waals surface area contributed by atoms with E-state index >= 15 is 0 Å². The number of hydrogen-bond donors (Lipinski definition) is 1. The third-order valence-electron chi connectivity index (χ3n) is 3.53. The smallest absolute Gasteiger partial charge is 0.271 e. The van der Waals surface area contributed by atoms with Crippen LogP contribution in [0.25, 0.3) is 11.3 Å². The number of nitrogens with one attached hydrogen (secondary N) is 1. The van der Waals surface area contributed by atoms with Gasteiger partial charge in [0.05, 0.1) is 18.9 Å². The van der Waals surface area contributed by atoms with Crippen molar-refractivity contribution in [3.05, 3.63) is 77.6 Å². The highest BCUT2D eigenvalue weighted by molar-refractivity contribution is 5.94. The Labute approximate surface area is 147 Å². The van der Waals surface area contributed by atoms with Crippen molar-refractivity contribution in [3.63, 3.8) is 0 Å². The van der Waals surface area contributed by atoms with Gasteiger partial charge in [0.15, 0.2) is 0 Å². The van der Waals surface area contributed by atoms with Crippen molar-refractivity contribution in [2.24, 2.45) is 5.10 Å². The molecule has 0 unspecified atom stereocenters. The summed E-state index contributed by atoms with van der Waals surface area (Å²) in [6.07, 6.45) is 1.28. The molecule has 0 aliphatic rings. The molecular weight excluding hydrogens is 342 g/mol. The van der Waals surface area contributed by atoms with Crippen LogP contribution < -0.4 is 10.2 Å². The van der Waals surface area contributed by atoms with Crippen LogP contribution in [-0.2, 0) is 0 Å². The molecule has 0 radical (unpaired) electrons. The zero-order valence-corrected chi connectivity index (χ0v) is 13.7. The Morgan fingerprint density at radius 1 is 1.12 bits per heavy atom. The van der Waals surface area contributed by atoms with E-state index in [2.05, 4.69) is 10.5 Å². The number of ether oxygens (including phenoxy) is 1. The van der Waals surface area contributed by atoms with Crippen LogP contribution in [0.15, 0.2) is 64.1 Å². The quantitative estimate of drug-likeness (QED) is 0.555. The summed E-state index contributed by atoms with van der Waals surface area (Å²) in [5, 5.41) is 3.80. The lowest BCUT2D eigenvalue weighted by molar-refractivity contribution is 0.0955. The number of benzene rings is 2. The molecule has 0 aliphatic heterocycles. The Bertz CT molecular complexity index is 950. The van der Waals surface area contributed by atoms with Gasteiger partial charge in [-0.05, 0) is 48.5 Å². The molecule has 5 nitrogen and oxygen atoms in total. The van der Waals surface area contributed by atoms with Crippen LogP contribution in [0.3, 0.4) is 0 Å². The predicted octanol–water partition coefficient (Wildman–Crippen LogP) is 4.00. The molecule has 26 heavy (non-hydrogen) atoms. The minimum Gasteiger partial charge on any atom is -0.497 e. The summed E-state index contributed by atoms with van der Waals surface area (Å²) in [6, 6.07) is 12.8. The number of carbonyl (C=O) groups excluding carboxylic acids is 1. The largest absolute Gasteiger partial charge is 0.497 e. The van der Waals surface area contributed by atoms with Gasteiger partial charge in [-0.15, -0.1) is 0 Å². The first-order chi connectivity index (χ1) is 12.6. The molecule has 0 atom stereocenters. The molecule has 3 aromatic rings. The number of methoxy groups -OCH3 is 1. The van der Waals surface area contributed by atoms with E-state index < -0.39 is 17.5 Å². The summed E-state index contributed by atoms with van der Waals surface area (Å²) < 4.78 is 37.1. The van der Waals surface area contributed by atoms with Crippen molar-refractivity contribution in [1.29, 1.82) is 0 Å². The van der Waals surface area contributed by atoms with E-state index in [0.717, 1.165) is 12.1 Å². The summed E-state index contributed by atoms with van der Waals surface area (Å²) >= 11 is 0. The monoisotopic (exact) mass is 356 g/mol. The van der Waals surface area contributed by atoms with Crippen LogP contribution in [0, 0.1) is 11.6 Å². The summed E-state index contributed by atoms with van der Waals surface area (Å²) in [5.41, 5.74) is 2.90. The molecule has 132 valence electrons. The summed E-state index contributed by atoms with van der Waals surface area (Å²) in [6.45, 7) is 0. The number of rotatable bonds is 5. The second-order valence-corrected chi connectivity index (χ2v) is 5.25. The second kappa shape index (κ2) is 7.60. The number of furan rings is 1. The second-order valence-electron chi connectivity index (χ2n) is 5.25. The van der Waals surface area contributed by atoms with Crippen LogP contribution in [-0.4, -0.2) is 19.2 Å². The number of carbonyl (C=O) groups is 1. The fraction of sp³-hybridized carbons (Fsp3) is 0.0526. The highest BCUT2D eigenvalue weighted by Gasteiger charge is 2.10. The lowest BCUT2D eigenvalue weighted by Gasteiger charge is -2.01. The molecule has 7 heteroatoms. The van der Waals surface area contributed by atoms with Crippen molar-refractivity contribution < 1.29 is 22.7 Å². The predicted molar refractivity (Wildman–Crippen MR) is 92.1 cm³/mol. The minimum absolute atomic E-state index is 0.133. The van der Waals surface area contributed by atoms with E-state index in [1.54, 1.807) is 30.3 Å². The zero-order valence-electron chi connectivity index (χ0n) is 13.7. The van der Waals surface area contributed by atoms with Crippen molar-refractivity contribution in [2.75, 3.05) is 7.11 Å². The van der Waals surface area contributed by atoms with Crippen molar-refractivity contribution in [1.82, 2.24) is 5.43 Å². The van der Waals surface area contributed by atoms with E-state index in [1.807, 2.05) is 0 Å². The molecule has 0 spiro atoms. The molecule has 1 amide bonds. The molecular formula is C19H14F2N2O3. The van der Waals surface area contributed by atoms with Gasteiger partial charge in [0.25, 0.3) is 5.91 Å². The standard InChI is InChI=1S/C19H14F2N2O3/c1-25-14-5-2-12(3-6-14)19(24)23-22-11-15-7-9-18(26-15)16-8-4-13(20)10-17(16)21/h2-11H,1H3,(H,23,24)/b22-11-. The SMILES string of the molecule is COc1ccc(C(=O)N/N=C\c2ccc(-c3ccc(F)cc3F)o2)cc1. The van der Waals surface area contributed by atoms with Gasteiger partial charge in [0, 0.05) is 11.6 Å². The van der Waals surface area contributed by atoms with Gasteiger partial charge in [-0.1, -0.05) is 0 Å². The number of hydrazone groups is 1. The minimum atomic E-state index is -0.726. The lowest BCUT2D eigenvalue weighted by Crippen LogP contribution is -2.17. The Kier molecular flexibility index (Phi) is 5.07. The first-order valence-electron chi connectivity index (χ1n) is 7.59. The van der Waals surface area contributed by atoms with Gasteiger partial charge in [-0.2, -0.15) is 5.10 Å². The molecule has 3 rings (SSSR count). The van der Waals surface area contributed by atoms with Crippen molar-refractivity contribution >= 4 is 12.1 Å². The van der Waals surface area contributed by atoms with E-state index in [-0.39, 0.29) is 11.3 Å². The van der Waals surface area contributed by atoms with Crippen molar-refractivity contribution in [3.8, 4) is 17.1 Å². The fourth-order valence-corrected chi connectivity index (χ4v) is 2.22. The Morgan fingerprint density at radius 2 is 1.88 bits per heavy atom. The molecule has 1 aromatic heterocycles. The molecule has 0 aliphatic carbocycles. The lowest BCUT2D eigenvalue weighted by atomic mass is 10.1. The Morgan fingerprint density at radius 3 is 2.58 bits per heavy atom. The number of nitrogens with zero attached hydrogens (tertiary/aromatic N) is 1. The van der Waals surface area contributed by atoms with Gasteiger partial charge in [-0.3, -0.25) is 4.79 Å². The topological polar surface area (TPSA) is 63.8 Å². The molecule has 0 saturated heterocycles. The fourth-order valence-electron chi connectivity index (χ4n) is 2.22. The van der Waals surface area contributed by atoms with Gasteiger partial charge in [-0.25, -0.2) is 14.2 Å². The summed E-state index contributed by atoms with van der Waals surface area (Å²) in [4.78, 5) is 12.0. The van der Waals surface area contributed by atoms with Crippen molar-refractivity contribution in [2.45, 2.75) is 0 Å². The Hall–Kier alpha value is -3.48. The average molecular weight is 356 g/mol. The third kappa shape index (κ3) is 3.94. The molecule has 0 bridgehead atoms. The molecule has 2 aromatic carbocycles. The van der Waals surface area contributed by atoms with Crippen LogP contribution in [0.1, 0.15) is 16.1 Å². The van der Waals surface area contributed by atoms with E-state index in [4.69, 9.17) is 9.15 Å². The normalized spacial score (nSPS) is 10.9. The van der Waals surface area contributed by atoms with Gasteiger partial charge < -0.3 is 9.15 Å². The van der Waals surface area contributed by atoms with Gasteiger partial charge in [0.2, 0.25) is 0 Å². The maximum atomic E-state index is 13.7. The third-order valence-corrected chi connectivity index (χ3v) is 3.53. The van der Waals surface area contributed by atoms with Crippen LogP contribution in [0.4, 0.5) is 8.78 Å². The van der Waals surface area contributed by atoms with Gasteiger partial charge >= 0.3 is 0 Å². The average Bonchev–Trinajstić information content (AvgIpc) is 3.10. The maximum absolute atomic E-state index is 13.7. The number of amides is 1. The van der Waals surface area contributed by atoms with E-state index in [1.165, 1.54) is 25.5 Å². The molecule has 1 heterocycles. The zero-order chi connectivity index (χ0) is 18.5. The highest BCUT2D eigenvalue weighted by atomic mass is 19.1. The van der Waals surface area contributed by atoms with Crippen LogP contribution in [0.5, 0.6) is 5.75 Å². The summed E-state index contributed by atoms with van der Waals surface area (Å²) in [7, 11) is 1.54. The molecule has 1 N–H and O–H groups in total. The van der Waals surface area contributed by atoms with Crippen LogP contribution in [0.2, 0.25) is 0 Å². The van der Waals surface area contributed by atoms with E-state index in [0.29, 0.717) is 17.1 Å². The number of hydrogen-bond acceptors (Lipinski definition) is 4. The highest BCUT2D eigenvalue weighted by Crippen LogP contribution is 2.25. The first-order valence-corrected chi connectivity index (χ1v) is 7.59. The number of halogens is 2. The van der Waals surface area contributed by atoms with E-state index in [9.17, 15) is 13.6 Å². The summed E-state index contributed by atoms with van der Waals surface area (Å²) in [5.74, 6) is -0.623. The molecule has 0 fully saturated rings. The first kappa shape index (κ1) is 17.3. The van der Waals surface area contributed by atoms with Gasteiger partial charge in [0.1, 0.15) is 28.9 Å². The molecule has 0 saturated carbocycles. The Balaban J connectivity index is 1.65. The maximum Gasteiger partial charge on any atom is 0.271 e. The van der Waals surface area contributed by atoms with Crippen LogP contribution >= 0.6 is 0 Å².